The number of hydrogen-bond acceptors (Lipinski definition) is 5. The van der Waals surface area contributed by atoms with Gasteiger partial charge in [0.25, 0.3) is 0 Å². The monoisotopic (exact) mass is 359 g/mol. The number of carbonyl (C=O) groups excluding carboxylic acids is 1. The number of benzene rings is 1. The lowest BCUT2D eigenvalue weighted by atomic mass is 10.3. The van der Waals surface area contributed by atoms with Crippen LogP contribution in [-0.2, 0) is 21.2 Å². The molecule has 6 nitrogen and oxygen atoms in total. The van der Waals surface area contributed by atoms with Crippen molar-refractivity contribution >= 4 is 49.7 Å². The van der Waals surface area contributed by atoms with E-state index in [2.05, 4.69) is 15.0 Å². The van der Waals surface area contributed by atoms with Crippen molar-refractivity contribution in [3.8, 4) is 0 Å². The molecule has 2 N–H and O–H groups in total. The number of nitrogens with one attached hydrogen (secondary N) is 2. The molecule has 2 aromatic rings. The highest BCUT2D eigenvalue weighted by molar-refractivity contribution is 7.92. The topological polar surface area (TPSA) is 88.2 Å². The van der Waals surface area contributed by atoms with Gasteiger partial charge in [0.1, 0.15) is 0 Å². The first-order chi connectivity index (χ1) is 10.4. The Kier molecular flexibility index (Phi) is 5.38. The third-order valence-electron chi connectivity index (χ3n) is 2.62. The molecule has 0 unspecified atom stereocenters. The third-order valence-corrected chi connectivity index (χ3v) is 5.06. The van der Waals surface area contributed by atoms with Crippen molar-refractivity contribution in [3.63, 3.8) is 0 Å². The summed E-state index contributed by atoms with van der Waals surface area (Å²) in [5, 5.41) is 5.13. The van der Waals surface area contributed by atoms with Gasteiger partial charge >= 0.3 is 0 Å². The van der Waals surface area contributed by atoms with Crippen molar-refractivity contribution in [1.82, 2.24) is 4.98 Å². The van der Waals surface area contributed by atoms with Gasteiger partial charge in [0.2, 0.25) is 15.9 Å². The number of hydrogen-bond donors (Lipinski definition) is 2. The second-order valence-corrected chi connectivity index (χ2v) is 7.69. The van der Waals surface area contributed by atoms with E-state index in [9.17, 15) is 13.2 Å². The Hall–Kier alpha value is -1.64. The Morgan fingerprint density at radius 1 is 1.41 bits per heavy atom. The molecule has 1 aromatic carbocycles. The highest BCUT2D eigenvalue weighted by atomic mass is 35.5. The van der Waals surface area contributed by atoms with Gasteiger partial charge in [-0.3, -0.25) is 9.52 Å². The number of nitrogens with zero attached hydrogens (tertiary/aromatic N) is 1. The SMILES string of the molecule is CCS(=O)(=O)Nc1nc(CC(=O)Nc2cccc(Cl)c2)cs1. The summed E-state index contributed by atoms with van der Waals surface area (Å²) in [6.45, 7) is 1.54. The first-order valence-electron chi connectivity index (χ1n) is 6.38. The third kappa shape index (κ3) is 4.97. The highest BCUT2D eigenvalue weighted by Gasteiger charge is 2.12. The van der Waals surface area contributed by atoms with E-state index < -0.39 is 10.0 Å². The Labute approximate surface area is 137 Å². The van der Waals surface area contributed by atoms with Gasteiger partial charge in [0.05, 0.1) is 17.9 Å². The lowest BCUT2D eigenvalue weighted by Gasteiger charge is -2.04. The van der Waals surface area contributed by atoms with Gasteiger partial charge in [-0.2, -0.15) is 0 Å². The molecule has 2 rings (SSSR count). The van der Waals surface area contributed by atoms with Crippen LogP contribution in [0.5, 0.6) is 0 Å². The fourth-order valence-electron chi connectivity index (χ4n) is 1.58. The smallest absolute Gasteiger partial charge is 0.234 e. The average molecular weight is 360 g/mol. The number of anilines is 2. The van der Waals surface area contributed by atoms with E-state index in [0.29, 0.717) is 16.4 Å². The molecule has 0 saturated carbocycles. The zero-order valence-corrected chi connectivity index (χ0v) is 14.1. The van der Waals surface area contributed by atoms with Crippen LogP contribution in [0.25, 0.3) is 0 Å². The van der Waals surface area contributed by atoms with Gasteiger partial charge in [-0.1, -0.05) is 17.7 Å². The summed E-state index contributed by atoms with van der Waals surface area (Å²) < 4.78 is 25.2. The second kappa shape index (κ2) is 7.08. The summed E-state index contributed by atoms with van der Waals surface area (Å²) in [6, 6.07) is 6.81. The van der Waals surface area contributed by atoms with Crippen LogP contribution < -0.4 is 10.0 Å². The maximum Gasteiger partial charge on any atom is 0.234 e. The minimum Gasteiger partial charge on any atom is -0.326 e. The summed E-state index contributed by atoms with van der Waals surface area (Å²) in [6.07, 6.45) is 0.0524. The number of thiazole rings is 1. The fourth-order valence-corrected chi connectivity index (χ4v) is 3.35. The number of carbonyl (C=O) groups is 1. The Morgan fingerprint density at radius 3 is 2.86 bits per heavy atom. The first kappa shape index (κ1) is 16.7. The van der Waals surface area contributed by atoms with E-state index in [1.165, 1.54) is 6.92 Å². The molecule has 0 aliphatic carbocycles. The molecule has 118 valence electrons. The first-order valence-corrected chi connectivity index (χ1v) is 9.29. The molecule has 0 aliphatic heterocycles. The molecule has 0 saturated heterocycles. The summed E-state index contributed by atoms with van der Waals surface area (Å²) in [5.74, 6) is -0.283. The maximum atomic E-state index is 11.9. The molecule has 0 atom stereocenters. The van der Waals surface area contributed by atoms with E-state index in [4.69, 9.17) is 11.6 Å². The maximum absolute atomic E-state index is 11.9. The number of amides is 1. The standard InChI is InChI=1S/C13H14ClN3O3S2/c1-2-22(19,20)17-13-16-11(8-21-13)7-12(18)15-10-5-3-4-9(14)6-10/h3-6,8H,2,7H2,1H3,(H,15,18)(H,16,17). The van der Waals surface area contributed by atoms with E-state index in [1.54, 1.807) is 29.6 Å². The summed E-state index contributed by atoms with van der Waals surface area (Å²) in [5.41, 5.74) is 1.10. The molecule has 0 aliphatic rings. The van der Waals surface area contributed by atoms with E-state index in [0.717, 1.165) is 11.3 Å². The van der Waals surface area contributed by atoms with Crippen LogP contribution in [0.3, 0.4) is 0 Å². The minimum absolute atomic E-state index is 0.0306. The van der Waals surface area contributed by atoms with Crippen LogP contribution in [0.4, 0.5) is 10.8 Å². The quantitative estimate of drug-likeness (QED) is 0.830. The van der Waals surface area contributed by atoms with Crippen LogP contribution in [0.2, 0.25) is 5.02 Å². The van der Waals surface area contributed by atoms with Crippen molar-refractivity contribution < 1.29 is 13.2 Å². The summed E-state index contributed by atoms with van der Waals surface area (Å²) in [7, 11) is -3.36. The molecule has 0 spiro atoms. The largest absolute Gasteiger partial charge is 0.326 e. The van der Waals surface area contributed by atoms with E-state index in [1.807, 2.05) is 0 Å². The van der Waals surface area contributed by atoms with E-state index >= 15 is 0 Å². The molecule has 9 heteroatoms. The van der Waals surface area contributed by atoms with Crippen LogP contribution in [0.1, 0.15) is 12.6 Å². The lowest BCUT2D eigenvalue weighted by Crippen LogP contribution is -2.16. The fraction of sp³-hybridized carbons (Fsp3) is 0.231. The zero-order chi connectivity index (χ0) is 16.2. The van der Waals surface area contributed by atoms with E-state index in [-0.39, 0.29) is 23.2 Å². The Balaban J connectivity index is 1.96. The summed E-state index contributed by atoms with van der Waals surface area (Å²) >= 11 is 6.98. The van der Waals surface area contributed by atoms with Crippen molar-refractivity contribution in [3.05, 3.63) is 40.4 Å². The highest BCUT2D eigenvalue weighted by Crippen LogP contribution is 2.18. The minimum atomic E-state index is -3.36. The Morgan fingerprint density at radius 2 is 2.18 bits per heavy atom. The molecular formula is C13H14ClN3O3S2. The average Bonchev–Trinajstić information content (AvgIpc) is 2.85. The lowest BCUT2D eigenvalue weighted by molar-refractivity contribution is -0.115. The molecule has 0 fully saturated rings. The van der Waals surface area contributed by atoms with Gasteiger partial charge in [0.15, 0.2) is 5.13 Å². The van der Waals surface area contributed by atoms with Crippen LogP contribution in [0, 0.1) is 0 Å². The number of sulfonamides is 1. The predicted molar refractivity (Wildman–Crippen MR) is 89.0 cm³/mol. The van der Waals surface area contributed by atoms with Crippen LogP contribution in [0.15, 0.2) is 29.6 Å². The van der Waals surface area contributed by atoms with Crippen molar-refractivity contribution in [2.45, 2.75) is 13.3 Å². The molecule has 1 amide bonds. The Bertz CT molecular complexity index is 774. The molecule has 22 heavy (non-hydrogen) atoms. The predicted octanol–water partition coefficient (Wildman–Crippen LogP) is 2.74. The van der Waals surface area contributed by atoms with Crippen molar-refractivity contribution in [2.24, 2.45) is 0 Å². The molecule has 1 aromatic heterocycles. The second-order valence-electron chi connectivity index (χ2n) is 4.38. The number of aromatic nitrogens is 1. The normalized spacial score (nSPS) is 11.2. The van der Waals surface area contributed by atoms with Crippen LogP contribution in [-0.4, -0.2) is 25.1 Å². The molecular weight excluding hydrogens is 346 g/mol. The molecule has 0 radical (unpaired) electrons. The molecule has 1 heterocycles. The number of halogens is 1. The molecule has 0 bridgehead atoms. The van der Waals surface area contributed by atoms with Gasteiger partial charge in [0, 0.05) is 16.1 Å². The van der Waals surface area contributed by atoms with Gasteiger partial charge in [-0.15, -0.1) is 11.3 Å². The van der Waals surface area contributed by atoms with Crippen molar-refractivity contribution in [1.29, 1.82) is 0 Å². The zero-order valence-electron chi connectivity index (χ0n) is 11.7. The van der Waals surface area contributed by atoms with Crippen molar-refractivity contribution in [2.75, 3.05) is 15.8 Å². The number of rotatable bonds is 6. The van der Waals surface area contributed by atoms with Crippen LogP contribution >= 0.6 is 22.9 Å². The van der Waals surface area contributed by atoms with Gasteiger partial charge in [-0.25, -0.2) is 13.4 Å². The van der Waals surface area contributed by atoms with Gasteiger partial charge < -0.3 is 5.32 Å². The van der Waals surface area contributed by atoms with Gasteiger partial charge in [-0.05, 0) is 25.1 Å². The summed E-state index contributed by atoms with van der Waals surface area (Å²) in [4.78, 5) is 16.0.